The Bertz CT molecular complexity index is 553. The number of carbonyl (C=O) groups is 1. The van der Waals surface area contributed by atoms with E-state index >= 15 is 0 Å². The Hall–Kier alpha value is -1.70. The number of thiazole rings is 1. The fraction of sp³-hybridized carbons (Fsp3) is 0.429. The smallest absolute Gasteiger partial charge is 0.226 e. The zero-order valence-corrected chi connectivity index (χ0v) is 12.6. The maximum Gasteiger partial charge on any atom is 0.226 e. The molecule has 2 rings (SSSR count). The minimum absolute atomic E-state index is 0.115. The standard InChI is InChI=1S/C14H18N2O4S/c1-19-8-11(17)4-5-15-13(18)7-10-9-21-14(16-10)12-3-2-6-20-12/h2-3,6,9,11,17H,4-5,7-8H2,1H3,(H,15,18). The van der Waals surface area contributed by atoms with Gasteiger partial charge < -0.3 is 19.6 Å². The number of carbonyl (C=O) groups excluding carboxylic acids is 1. The fourth-order valence-corrected chi connectivity index (χ4v) is 2.57. The molecule has 0 fully saturated rings. The van der Waals surface area contributed by atoms with E-state index in [0.29, 0.717) is 24.4 Å². The minimum atomic E-state index is -0.555. The molecule has 6 nitrogen and oxygen atoms in total. The summed E-state index contributed by atoms with van der Waals surface area (Å²) in [5.41, 5.74) is 0.710. The zero-order chi connectivity index (χ0) is 15.1. The van der Waals surface area contributed by atoms with Gasteiger partial charge in [-0.3, -0.25) is 4.79 Å². The van der Waals surface area contributed by atoms with Gasteiger partial charge >= 0.3 is 0 Å². The number of hydrogen-bond donors (Lipinski definition) is 2. The molecule has 0 saturated carbocycles. The van der Waals surface area contributed by atoms with Crippen LogP contribution < -0.4 is 5.32 Å². The Labute approximate surface area is 126 Å². The maximum atomic E-state index is 11.8. The van der Waals surface area contributed by atoms with Crippen molar-refractivity contribution in [3.8, 4) is 10.8 Å². The summed E-state index contributed by atoms with van der Waals surface area (Å²) < 4.78 is 10.1. The predicted octanol–water partition coefficient (Wildman–Crippen LogP) is 1.46. The van der Waals surface area contributed by atoms with E-state index in [1.807, 2.05) is 11.4 Å². The molecule has 0 radical (unpaired) electrons. The Balaban J connectivity index is 1.75. The van der Waals surface area contributed by atoms with Crippen molar-refractivity contribution in [3.05, 3.63) is 29.5 Å². The quantitative estimate of drug-likeness (QED) is 0.771. The number of hydrogen-bond acceptors (Lipinski definition) is 6. The molecule has 0 aromatic carbocycles. The first-order chi connectivity index (χ1) is 10.2. The Morgan fingerprint density at radius 3 is 3.19 bits per heavy atom. The topological polar surface area (TPSA) is 84.6 Å². The van der Waals surface area contributed by atoms with Gasteiger partial charge in [0.15, 0.2) is 10.8 Å². The first-order valence-corrected chi connectivity index (χ1v) is 7.49. The predicted molar refractivity (Wildman–Crippen MR) is 79.0 cm³/mol. The monoisotopic (exact) mass is 310 g/mol. The van der Waals surface area contributed by atoms with E-state index in [9.17, 15) is 9.90 Å². The van der Waals surface area contributed by atoms with E-state index < -0.39 is 6.10 Å². The van der Waals surface area contributed by atoms with Gasteiger partial charge in [0.25, 0.3) is 0 Å². The summed E-state index contributed by atoms with van der Waals surface area (Å²) in [7, 11) is 1.53. The average Bonchev–Trinajstić information content (AvgIpc) is 3.09. The van der Waals surface area contributed by atoms with E-state index in [4.69, 9.17) is 9.15 Å². The molecule has 0 bridgehead atoms. The van der Waals surface area contributed by atoms with Crippen molar-refractivity contribution >= 4 is 17.2 Å². The number of rotatable bonds is 8. The number of aliphatic hydroxyl groups excluding tert-OH is 1. The molecule has 2 aromatic rings. The SMILES string of the molecule is COCC(O)CCNC(=O)Cc1csc(-c2ccco2)n1. The van der Waals surface area contributed by atoms with Crippen molar-refractivity contribution in [2.45, 2.75) is 18.9 Å². The Morgan fingerprint density at radius 1 is 1.62 bits per heavy atom. The van der Waals surface area contributed by atoms with E-state index in [1.54, 1.807) is 12.3 Å². The summed E-state index contributed by atoms with van der Waals surface area (Å²) in [6, 6.07) is 3.63. The van der Waals surface area contributed by atoms with Gasteiger partial charge in [-0.25, -0.2) is 4.98 Å². The van der Waals surface area contributed by atoms with Crippen LogP contribution in [0.2, 0.25) is 0 Å². The first-order valence-electron chi connectivity index (χ1n) is 6.61. The van der Waals surface area contributed by atoms with Gasteiger partial charge in [0.05, 0.1) is 31.1 Å². The second-order valence-electron chi connectivity index (χ2n) is 4.55. The number of methoxy groups -OCH3 is 1. The Kier molecular flexibility index (Phi) is 5.91. The highest BCUT2D eigenvalue weighted by Crippen LogP contribution is 2.23. The normalized spacial score (nSPS) is 12.3. The molecule has 0 aliphatic rings. The third kappa shape index (κ3) is 4.96. The van der Waals surface area contributed by atoms with Crippen LogP contribution in [0.15, 0.2) is 28.2 Å². The maximum absolute atomic E-state index is 11.8. The van der Waals surface area contributed by atoms with Gasteiger partial charge in [0, 0.05) is 19.0 Å². The molecule has 2 aromatic heterocycles. The van der Waals surface area contributed by atoms with Crippen LogP contribution in [0.5, 0.6) is 0 Å². The number of nitrogens with one attached hydrogen (secondary N) is 1. The number of aromatic nitrogens is 1. The lowest BCUT2D eigenvalue weighted by Crippen LogP contribution is -2.29. The van der Waals surface area contributed by atoms with Crippen LogP contribution in [-0.4, -0.2) is 42.4 Å². The fourth-order valence-electron chi connectivity index (χ4n) is 1.78. The van der Waals surface area contributed by atoms with Crippen LogP contribution in [-0.2, 0) is 16.0 Å². The highest BCUT2D eigenvalue weighted by Gasteiger charge is 2.11. The number of aliphatic hydroxyl groups is 1. The van der Waals surface area contributed by atoms with Gasteiger partial charge in [0.2, 0.25) is 5.91 Å². The lowest BCUT2D eigenvalue weighted by Gasteiger charge is -2.09. The summed E-state index contributed by atoms with van der Waals surface area (Å²) in [5.74, 6) is 0.588. The molecule has 0 saturated heterocycles. The summed E-state index contributed by atoms with van der Waals surface area (Å²) >= 11 is 1.44. The summed E-state index contributed by atoms with van der Waals surface area (Å²) in [6.45, 7) is 0.688. The van der Waals surface area contributed by atoms with Gasteiger partial charge in [-0.15, -0.1) is 11.3 Å². The first kappa shape index (κ1) is 15.7. The number of furan rings is 1. The second-order valence-corrected chi connectivity index (χ2v) is 5.40. The average molecular weight is 310 g/mol. The van der Waals surface area contributed by atoms with Crippen LogP contribution in [0.1, 0.15) is 12.1 Å². The van der Waals surface area contributed by atoms with Crippen molar-refractivity contribution in [2.24, 2.45) is 0 Å². The highest BCUT2D eigenvalue weighted by molar-refractivity contribution is 7.13. The van der Waals surface area contributed by atoms with E-state index in [1.165, 1.54) is 18.4 Å². The Morgan fingerprint density at radius 2 is 2.48 bits per heavy atom. The number of amides is 1. The van der Waals surface area contributed by atoms with Crippen molar-refractivity contribution in [1.82, 2.24) is 10.3 Å². The van der Waals surface area contributed by atoms with Crippen molar-refractivity contribution in [2.75, 3.05) is 20.3 Å². The minimum Gasteiger partial charge on any atom is -0.462 e. The molecule has 0 aliphatic heterocycles. The molecular weight excluding hydrogens is 292 g/mol. The molecule has 1 atom stereocenters. The molecule has 1 amide bonds. The number of ether oxygens (including phenoxy) is 1. The van der Waals surface area contributed by atoms with Gasteiger partial charge in [-0.2, -0.15) is 0 Å². The lowest BCUT2D eigenvalue weighted by atomic mass is 10.2. The van der Waals surface area contributed by atoms with Crippen LogP contribution in [0.3, 0.4) is 0 Å². The van der Waals surface area contributed by atoms with Gasteiger partial charge in [-0.1, -0.05) is 0 Å². The molecule has 7 heteroatoms. The summed E-state index contributed by atoms with van der Waals surface area (Å²) in [5, 5.41) is 14.8. The molecule has 2 heterocycles. The van der Waals surface area contributed by atoms with Crippen LogP contribution in [0, 0.1) is 0 Å². The third-order valence-electron chi connectivity index (χ3n) is 2.78. The molecular formula is C14H18N2O4S. The van der Waals surface area contributed by atoms with Crippen molar-refractivity contribution < 1.29 is 19.1 Å². The van der Waals surface area contributed by atoms with Crippen molar-refractivity contribution in [1.29, 1.82) is 0 Å². The van der Waals surface area contributed by atoms with Gasteiger partial charge in [-0.05, 0) is 18.6 Å². The molecule has 1 unspecified atom stereocenters. The zero-order valence-electron chi connectivity index (χ0n) is 11.7. The largest absolute Gasteiger partial charge is 0.462 e. The highest BCUT2D eigenvalue weighted by atomic mass is 32.1. The number of nitrogens with zero attached hydrogens (tertiary/aromatic N) is 1. The van der Waals surface area contributed by atoms with Crippen LogP contribution >= 0.6 is 11.3 Å². The third-order valence-corrected chi connectivity index (χ3v) is 3.69. The molecule has 21 heavy (non-hydrogen) atoms. The van der Waals surface area contributed by atoms with E-state index in [-0.39, 0.29) is 18.9 Å². The summed E-state index contributed by atoms with van der Waals surface area (Å²) in [6.07, 6.45) is 1.72. The second kappa shape index (κ2) is 7.92. The molecule has 114 valence electrons. The van der Waals surface area contributed by atoms with Gasteiger partial charge in [0.1, 0.15) is 0 Å². The molecule has 0 spiro atoms. The molecule has 0 aliphatic carbocycles. The van der Waals surface area contributed by atoms with Crippen LogP contribution in [0.4, 0.5) is 0 Å². The van der Waals surface area contributed by atoms with E-state index in [0.717, 1.165) is 5.01 Å². The summed E-state index contributed by atoms with van der Waals surface area (Å²) in [4.78, 5) is 16.1. The van der Waals surface area contributed by atoms with E-state index in [2.05, 4.69) is 10.3 Å². The molecule has 2 N–H and O–H groups in total. The lowest BCUT2D eigenvalue weighted by molar-refractivity contribution is -0.120. The van der Waals surface area contributed by atoms with Crippen molar-refractivity contribution in [3.63, 3.8) is 0 Å². The van der Waals surface area contributed by atoms with Crippen LogP contribution in [0.25, 0.3) is 10.8 Å².